The molecular formula is C22H18FN5O2S. The predicted octanol–water partition coefficient (Wildman–Crippen LogP) is 3.71. The molecule has 1 aliphatic heterocycles. The second kappa shape index (κ2) is 7.66. The molecule has 2 aromatic carbocycles. The van der Waals surface area contributed by atoms with Crippen molar-refractivity contribution in [2.45, 2.75) is 24.5 Å². The first-order valence-electron chi connectivity index (χ1n) is 9.75. The average molecular weight is 435 g/mol. The summed E-state index contributed by atoms with van der Waals surface area (Å²) in [6, 6.07) is 13.1. The molecule has 0 saturated carbocycles. The number of anilines is 1. The van der Waals surface area contributed by atoms with Crippen LogP contribution >= 0.6 is 11.8 Å². The first-order valence-corrected chi connectivity index (χ1v) is 10.7. The first kappa shape index (κ1) is 19.5. The molecule has 1 aliphatic rings. The smallest absolute Gasteiger partial charge is 0.265 e. The van der Waals surface area contributed by atoms with Gasteiger partial charge >= 0.3 is 0 Å². The van der Waals surface area contributed by atoms with Crippen LogP contribution in [0.1, 0.15) is 18.0 Å². The van der Waals surface area contributed by atoms with E-state index in [-0.39, 0.29) is 29.7 Å². The van der Waals surface area contributed by atoms with Crippen LogP contribution in [0.25, 0.3) is 16.7 Å². The molecule has 0 fully saturated rings. The van der Waals surface area contributed by atoms with Gasteiger partial charge in [-0.05, 0) is 48.9 Å². The van der Waals surface area contributed by atoms with E-state index in [0.717, 1.165) is 11.3 Å². The maximum atomic E-state index is 13.2. The number of aromatic nitrogens is 4. The molecule has 0 radical (unpaired) electrons. The van der Waals surface area contributed by atoms with Crippen molar-refractivity contribution < 1.29 is 9.18 Å². The van der Waals surface area contributed by atoms with E-state index in [1.54, 1.807) is 9.25 Å². The normalized spacial score (nSPS) is 15.2. The van der Waals surface area contributed by atoms with Gasteiger partial charge in [0, 0.05) is 17.9 Å². The summed E-state index contributed by atoms with van der Waals surface area (Å²) in [7, 11) is 0. The Hall–Kier alpha value is -3.46. The van der Waals surface area contributed by atoms with Crippen molar-refractivity contribution >= 4 is 34.4 Å². The number of nitrogens with zero attached hydrogens (tertiary/aromatic N) is 4. The van der Waals surface area contributed by atoms with Gasteiger partial charge in [0.05, 0.1) is 17.9 Å². The average Bonchev–Trinajstić information content (AvgIpc) is 3.35. The number of nitrogens with one attached hydrogen (secondary N) is 1. The van der Waals surface area contributed by atoms with E-state index in [4.69, 9.17) is 0 Å². The highest BCUT2D eigenvalue weighted by atomic mass is 32.2. The van der Waals surface area contributed by atoms with Crippen LogP contribution in [0, 0.1) is 12.7 Å². The van der Waals surface area contributed by atoms with E-state index in [1.165, 1.54) is 42.2 Å². The first-order chi connectivity index (χ1) is 15.0. The zero-order valence-electron chi connectivity index (χ0n) is 16.6. The molecule has 1 unspecified atom stereocenters. The van der Waals surface area contributed by atoms with Gasteiger partial charge in [-0.25, -0.2) is 14.1 Å². The van der Waals surface area contributed by atoms with E-state index >= 15 is 0 Å². The van der Waals surface area contributed by atoms with E-state index in [1.807, 2.05) is 31.2 Å². The molecule has 1 atom stereocenters. The molecule has 3 heterocycles. The van der Waals surface area contributed by atoms with Crippen LogP contribution in [0.2, 0.25) is 0 Å². The molecule has 0 spiro atoms. The fourth-order valence-corrected chi connectivity index (χ4v) is 4.82. The van der Waals surface area contributed by atoms with Gasteiger partial charge in [0.1, 0.15) is 11.2 Å². The van der Waals surface area contributed by atoms with Gasteiger partial charge < -0.3 is 5.32 Å². The van der Waals surface area contributed by atoms with Gasteiger partial charge in [0.15, 0.2) is 10.8 Å². The van der Waals surface area contributed by atoms with Gasteiger partial charge in [-0.2, -0.15) is 5.10 Å². The Kier molecular flexibility index (Phi) is 4.82. The predicted molar refractivity (Wildman–Crippen MR) is 117 cm³/mol. The SMILES string of the molecule is Cc1cccc(-n2ncc3c(=O)n4c(nc32)SCC4CC(=O)Nc2ccc(F)cc2)c1. The number of benzene rings is 2. The molecule has 31 heavy (non-hydrogen) atoms. The zero-order chi connectivity index (χ0) is 21.5. The van der Waals surface area contributed by atoms with Crippen molar-refractivity contribution in [2.24, 2.45) is 0 Å². The van der Waals surface area contributed by atoms with Crippen LogP contribution in [-0.4, -0.2) is 31.0 Å². The molecule has 1 amide bonds. The minimum atomic E-state index is -0.369. The summed E-state index contributed by atoms with van der Waals surface area (Å²) in [5.74, 6) is -0.0386. The lowest BCUT2D eigenvalue weighted by atomic mass is 10.2. The van der Waals surface area contributed by atoms with Gasteiger partial charge in [-0.1, -0.05) is 23.9 Å². The van der Waals surface area contributed by atoms with Crippen molar-refractivity contribution in [1.82, 2.24) is 19.3 Å². The van der Waals surface area contributed by atoms with Crippen molar-refractivity contribution in [1.29, 1.82) is 0 Å². The van der Waals surface area contributed by atoms with Crippen LogP contribution in [-0.2, 0) is 4.79 Å². The summed E-state index contributed by atoms with van der Waals surface area (Å²) >= 11 is 1.45. The summed E-state index contributed by atoms with van der Waals surface area (Å²) in [6.07, 6.45) is 1.65. The lowest BCUT2D eigenvalue weighted by Gasteiger charge is -2.13. The molecule has 2 aromatic heterocycles. The van der Waals surface area contributed by atoms with Crippen LogP contribution in [0.5, 0.6) is 0 Å². The number of thioether (sulfide) groups is 1. The Bertz CT molecular complexity index is 1360. The van der Waals surface area contributed by atoms with Gasteiger partial charge in [0.25, 0.3) is 5.56 Å². The second-order valence-corrected chi connectivity index (χ2v) is 8.41. The van der Waals surface area contributed by atoms with Gasteiger partial charge in [0.2, 0.25) is 5.91 Å². The third-order valence-corrected chi connectivity index (χ3v) is 6.26. The van der Waals surface area contributed by atoms with E-state index in [9.17, 15) is 14.0 Å². The number of halogens is 1. The van der Waals surface area contributed by atoms with Crippen molar-refractivity contribution in [3.63, 3.8) is 0 Å². The van der Waals surface area contributed by atoms with Crippen LogP contribution in [0.15, 0.2) is 64.7 Å². The number of carbonyl (C=O) groups is 1. The molecule has 1 N–H and O–H groups in total. The Morgan fingerprint density at radius 1 is 1.26 bits per heavy atom. The molecule has 156 valence electrons. The van der Waals surface area contributed by atoms with Crippen molar-refractivity contribution in [3.8, 4) is 5.69 Å². The van der Waals surface area contributed by atoms with Crippen molar-refractivity contribution in [2.75, 3.05) is 11.1 Å². The van der Waals surface area contributed by atoms with Crippen LogP contribution in [0.4, 0.5) is 10.1 Å². The van der Waals surface area contributed by atoms with Crippen LogP contribution in [0.3, 0.4) is 0 Å². The monoisotopic (exact) mass is 435 g/mol. The second-order valence-electron chi connectivity index (χ2n) is 7.43. The third kappa shape index (κ3) is 3.61. The highest BCUT2D eigenvalue weighted by molar-refractivity contribution is 7.99. The molecular weight excluding hydrogens is 417 g/mol. The third-order valence-electron chi connectivity index (χ3n) is 5.17. The lowest BCUT2D eigenvalue weighted by molar-refractivity contribution is -0.116. The molecule has 5 rings (SSSR count). The van der Waals surface area contributed by atoms with Crippen molar-refractivity contribution in [3.05, 3.63) is 76.5 Å². The largest absolute Gasteiger partial charge is 0.326 e. The minimum Gasteiger partial charge on any atom is -0.326 e. The maximum Gasteiger partial charge on any atom is 0.265 e. The maximum absolute atomic E-state index is 13.2. The number of amides is 1. The number of rotatable bonds is 4. The molecule has 7 nitrogen and oxygen atoms in total. The Labute approximate surface area is 180 Å². The van der Waals surface area contributed by atoms with Crippen LogP contribution < -0.4 is 10.9 Å². The van der Waals surface area contributed by atoms with E-state index in [2.05, 4.69) is 15.4 Å². The Morgan fingerprint density at radius 3 is 2.84 bits per heavy atom. The molecule has 9 heteroatoms. The fraction of sp³-hybridized carbons (Fsp3) is 0.182. The lowest BCUT2D eigenvalue weighted by Crippen LogP contribution is -2.27. The number of carbonyl (C=O) groups excluding carboxylic acids is 1. The zero-order valence-corrected chi connectivity index (χ0v) is 17.4. The summed E-state index contributed by atoms with van der Waals surface area (Å²) in [4.78, 5) is 30.4. The number of hydrogen-bond acceptors (Lipinski definition) is 5. The number of hydrogen-bond donors (Lipinski definition) is 1. The van der Waals surface area contributed by atoms with E-state index < -0.39 is 0 Å². The minimum absolute atomic E-state index is 0.122. The molecule has 0 bridgehead atoms. The molecule has 4 aromatic rings. The van der Waals surface area contributed by atoms with Gasteiger partial charge in [-0.15, -0.1) is 0 Å². The molecule has 0 aliphatic carbocycles. The highest BCUT2D eigenvalue weighted by Crippen LogP contribution is 2.33. The Balaban J connectivity index is 1.44. The summed E-state index contributed by atoms with van der Waals surface area (Å²) in [5.41, 5.74) is 2.73. The number of fused-ring (bicyclic) bond motifs is 2. The fourth-order valence-electron chi connectivity index (χ4n) is 3.69. The number of aryl methyl sites for hydroxylation is 1. The highest BCUT2D eigenvalue weighted by Gasteiger charge is 2.29. The standard InChI is InChI=1S/C22H18FN5O2S/c1-13-3-2-4-16(9-13)28-20-18(11-24-28)21(30)27-17(12-31-22(27)26-20)10-19(29)25-15-7-5-14(23)6-8-15/h2-9,11,17H,10,12H2,1H3,(H,25,29). The summed E-state index contributed by atoms with van der Waals surface area (Å²) in [5, 5.41) is 8.11. The van der Waals surface area contributed by atoms with E-state index in [0.29, 0.717) is 27.6 Å². The molecule has 0 saturated heterocycles. The quantitative estimate of drug-likeness (QED) is 0.494. The Morgan fingerprint density at radius 2 is 2.06 bits per heavy atom. The topological polar surface area (TPSA) is 81.8 Å². The summed E-state index contributed by atoms with van der Waals surface area (Å²) < 4.78 is 16.3. The summed E-state index contributed by atoms with van der Waals surface area (Å²) in [6.45, 7) is 1.99. The van der Waals surface area contributed by atoms with Gasteiger partial charge in [-0.3, -0.25) is 14.2 Å².